The molecule has 0 aliphatic carbocycles. The van der Waals surface area contributed by atoms with Crippen LogP contribution in [0.3, 0.4) is 0 Å². The summed E-state index contributed by atoms with van der Waals surface area (Å²) < 4.78 is 0. The van der Waals surface area contributed by atoms with Crippen LogP contribution in [-0.4, -0.2) is 59.9 Å². The number of anilines is 1. The van der Waals surface area contributed by atoms with E-state index < -0.39 is 0 Å². The van der Waals surface area contributed by atoms with Crippen molar-refractivity contribution < 1.29 is 14.4 Å². The van der Waals surface area contributed by atoms with Crippen LogP contribution in [0.2, 0.25) is 15.1 Å². The zero-order valence-electron chi connectivity index (χ0n) is 19.3. The van der Waals surface area contributed by atoms with E-state index >= 15 is 0 Å². The minimum absolute atomic E-state index is 0.0349. The molecule has 0 saturated carbocycles. The van der Waals surface area contributed by atoms with Crippen LogP contribution >= 0.6 is 34.8 Å². The molecule has 0 radical (unpaired) electrons. The Morgan fingerprint density at radius 1 is 0.886 bits per heavy atom. The fourth-order valence-corrected chi connectivity index (χ4v) is 5.21. The van der Waals surface area contributed by atoms with Gasteiger partial charge in [-0.2, -0.15) is 0 Å². The maximum absolute atomic E-state index is 13.4. The van der Waals surface area contributed by atoms with E-state index in [1.165, 1.54) is 0 Å². The summed E-state index contributed by atoms with van der Waals surface area (Å²) in [6.45, 7) is 3.55. The first-order chi connectivity index (χ1) is 16.7. The van der Waals surface area contributed by atoms with Crippen molar-refractivity contribution in [3.63, 3.8) is 0 Å². The second-order valence-electron chi connectivity index (χ2n) is 9.02. The van der Waals surface area contributed by atoms with Crippen LogP contribution < -0.4 is 10.6 Å². The van der Waals surface area contributed by atoms with Crippen LogP contribution in [0, 0.1) is 5.92 Å². The molecule has 0 aromatic heterocycles. The van der Waals surface area contributed by atoms with E-state index in [2.05, 4.69) is 10.6 Å². The van der Waals surface area contributed by atoms with Gasteiger partial charge in [-0.15, -0.1) is 0 Å². The quantitative estimate of drug-likeness (QED) is 0.574. The van der Waals surface area contributed by atoms with Crippen molar-refractivity contribution in [2.75, 3.05) is 31.5 Å². The molecule has 0 spiro atoms. The van der Waals surface area contributed by atoms with Crippen LogP contribution in [0.4, 0.5) is 10.5 Å². The summed E-state index contributed by atoms with van der Waals surface area (Å²) in [5, 5.41) is 7.30. The molecule has 4 amide bonds. The fourth-order valence-electron chi connectivity index (χ4n) is 4.78. The van der Waals surface area contributed by atoms with Crippen molar-refractivity contribution >= 4 is 58.3 Å². The van der Waals surface area contributed by atoms with Gasteiger partial charge >= 0.3 is 6.03 Å². The van der Waals surface area contributed by atoms with Gasteiger partial charge in [0.1, 0.15) is 0 Å². The lowest BCUT2D eigenvalue weighted by molar-refractivity contribution is -0.139. The number of benzene rings is 2. The van der Waals surface area contributed by atoms with Crippen LogP contribution in [0.1, 0.15) is 31.2 Å². The molecule has 2 N–H and O–H groups in total. The predicted molar refractivity (Wildman–Crippen MR) is 138 cm³/mol. The molecule has 2 saturated heterocycles. The number of carbonyl (C=O) groups excluding carboxylic acids is 3. The number of urea groups is 1. The Kier molecular flexibility index (Phi) is 8.09. The molecule has 2 atom stereocenters. The molecule has 0 unspecified atom stereocenters. The van der Waals surface area contributed by atoms with E-state index in [-0.39, 0.29) is 35.7 Å². The lowest BCUT2D eigenvalue weighted by Gasteiger charge is -2.32. The number of rotatable bonds is 4. The van der Waals surface area contributed by atoms with Crippen LogP contribution in [0.15, 0.2) is 42.5 Å². The monoisotopic (exact) mass is 536 g/mol. The first-order valence-corrected chi connectivity index (χ1v) is 12.7. The van der Waals surface area contributed by atoms with Gasteiger partial charge < -0.3 is 20.4 Å². The normalized spacial score (nSPS) is 20.6. The van der Waals surface area contributed by atoms with Crippen LogP contribution in [0.25, 0.3) is 0 Å². The van der Waals surface area contributed by atoms with Gasteiger partial charge in [-0.3, -0.25) is 9.59 Å². The molecule has 2 fully saturated rings. The molecular weight excluding hydrogens is 511 g/mol. The Bertz CT molecular complexity index is 1100. The van der Waals surface area contributed by atoms with Gasteiger partial charge in [-0.05, 0) is 54.8 Å². The van der Waals surface area contributed by atoms with Crippen molar-refractivity contribution in [1.82, 2.24) is 15.1 Å². The average Bonchev–Trinajstić information content (AvgIpc) is 3.25. The number of halogens is 3. The highest BCUT2D eigenvalue weighted by Crippen LogP contribution is 2.34. The van der Waals surface area contributed by atoms with Crippen molar-refractivity contribution in [1.29, 1.82) is 0 Å². The number of carbonyl (C=O) groups is 3. The van der Waals surface area contributed by atoms with Crippen LogP contribution in [-0.2, 0) is 9.59 Å². The molecule has 10 heteroatoms. The smallest absolute Gasteiger partial charge is 0.319 e. The Balaban J connectivity index is 1.48. The maximum Gasteiger partial charge on any atom is 0.319 e. The van der Waals surface area contributed by atoms with E-state index in [1.807, 2.05) is 11.0 Å². The standard InChI is InChI=1S/C25H27Cl3N4O3/c1-15(33)31-10-8-16(9-11-31)24(34)32-13-20(17-2-7-21(27)22(28)12-17)23(14-32)30-25(35)29-19-5-3-18(26)4-6-19/h2-7,12,16,20,23H,8-11,13-14H2,1H3,(H2,29,30,35)/t20-,23+/m0/s1. The van der Waals surface area contributed by atoms with Gasteiger partial charge in [0.15, 0.2) is 0 Å². The zero-order chi connectivity index (χ0) is 25.1. The van der Waals surface area contributed by atoms with E-state index in [0.717, 1.165) is 5.56 Å². The molecular formula is C25H27Cl3N4O3. The topological polar surface area (TPSA) is 81.8 Å². The van der Waals surface area contributed by atoms with Crippen molar-refractivity contribution in [2.24, 2.45) is 5.92 Å². The minimum Gasteiger partial charge on any atom is -0.343 e. The third-order valence-electron chi connectivity index (χ3n) is 6.71. The maximum atomic E-state index is 13.4. The van der Waals surface area contributed by atoms with E-state index in [1.54, 1.807) is 48.2 Å². The summed E-state index contributed by atoms with van der Waals surface area (Å²) in [6, 6.07) is 11.5. The molecule has 186 valence electrons. The minimum atomic E-state index is -0.369. The number of nitrogens with zero attached hydrogens (tertiary/aromatic N) is 2. The molecule has 2 aliphatic rings. The second-order valence-corrected chi connectivity index (χ2v) is 10.3. The summed E-state index contributed by atoms with van der Waals surface area (Å²) in [5.41, 5.74) is 1.51. The first-order valence-electron chi connectivity index (χ1n) is 11.5. The van der Waals surface area contributed by atoms with Gasteiger partial charge in [0.25, 0.3) is 0 Å². The number of piperidine rings is 1. The third-order valence-corrected chi connectivity index (χ3v) is 7.70. The lowest BCUT2D eigenvalue weighted by atomic mass is 9.94. The molecule has 0 bridgehead atoms. The summed E-state index contributed by atoms with van der Waals surface area (Å²) in [4.78, 5) is 41.4. The molecule has 2 heterocycles. The fraction of sp³-hybridized carbons (Fsp3) is 0.400. The second kappa shape index (κ2) is 11.1. The predicted octanol–water partition coefficient (Wildman–Crippen LogP) is 5.02. The number of nitrogens with one attached hydrogen (secondary N) is 2. The molecule has 2 aromatic carbocycles. The van der Waals surface area contributed by atoms with Gasteiger partial charge in [-0.25, -0.2) is 4.79 Å². The Morgan fingerprint density at radius 2 is 1.57 bits per heavy atom. The number of amides is 4. The van der Waals surface area contributed by atoms with E-state index in [4.69, 9.17) is 34.8 Å². The van der Waals surface area contributed by atoms with E-state index in [0.29, 0.717) is 59.8 Å². The highest BCUT2D eigenvalue weighted by Gasteiger charge is 2.40. The molecule has 2 aromatic rings. The number of hydrogen-bond donors (Lipinski definition) is 2. The highest BCUT2D eigenvalue weighted by molar-refractivity contribution is 6.42. The molecule has 35 heavy (non-hydrogen) atoms. The molecule has 7 nitrogen and oxygen atoms in total. The highest BCUT2D eigenvalue weighted by atomic mass is 35.5. The summed E-state index contributed by atoms with van der Waals surface area (Å²) >= 11 is 18.3. The van der Waals surface area contributed by atoms with Crippen molar-refractivity contribution in [3.8, 4) is 0 Å². The largest absolute Gasteiger partial charge is 0.343 e. The van der Waals surface area contributed by atoms with Crippen molar-refractivity contribution in [2.45, 2.75) is 31.7 Å². The Labute approximate surface area is 219 Å². The summed E-state index contributed by atoms with van der Waals surface area (Å²) in [6.07, 6.45) is 1.28. The number of hydrogen-bond acceptors (Lipinski definition) is 3. The van der Waals surface area contributed by atoms with Gasteiger partial charge in [-0.1, -0.05) is 40.9 Å². The van der Waals surface area contributed by atoms with Crippen LogP contribution in [0.5, 0.6) is 0 Å². The third kappa shape index (κ3) is 6.21. The van der Waals surface area contributed by atoms with E-state index in [9.17, 15) is 14.4 Å². The number of likely N-dealkylation sites (tertiary alicyclic amines) is 2. The molecule has 2 aliphatic heterocycles. The van der Waals surface area contributed by atoms with Crippen molar-refractivity contribution in [3.05, 3.63) is 63.1 Å². The first kappa shape index (κ1) is 25.6. The Hall–Kier alpha value is -2.48. The van der Waals surface area contributed by atoms with Gasteiger partial charge in [0, 0.05) is 55.6 Å². The lowest BCUT2D eigenvalue weighted by Crippen LogP contribution is -2.45. The molecule has 4 rings (SSSR count). The summed E-state index contributed by atoms with van der Waals surface area (Å²) in [5.74, 6) is -0.197. The Morgan fingerprint density at radius 3 is 2.20 bits per heavy atom. The van der Waals surface area contributed by atoms with Gasteiger partial charge in [0.2, 0.25) is 11.8 Å². The van der Waals surface area contributed by atoms with Gasteiger partial charge in [0.05, 0.1) is 16.1 Å². The average molecular weight is 538 g/mol. The summed E-state index contributed by atoms with van der Waals surface area (Å²) in [7, 11) is 0. The zero-order valence-corrected chi connectivity index (χ0v) is 21.5. The SMILES string of the molecule is CC(=O)N1CCC(C(=O)N2C[C@@H](NC(=O)Nc3ccc(Cl)cc3)[C@H](c3ccc(Cl)c(Cl)c3)C2)CC1.